The van der Waals surface area contributed by atoms with Crippen LogP contribution in [0.5, 0.6) is 5.75 Å². The van der Waals surface area contributed by atoms with E-state index in [1.165, 1.54) is 23.9 Å². The number of amides is 1. The fourth-order valence-electron chi connectivity index (χ4n) is 3.65. The van der Waals surface area contributed by atoms with Crippen molar-refractivity contribution in [1.29, 1.82) is 5.26 Å². The van der Waals surface area contributed by atoms with Gasteiger partial charge in [-0.2, -0.15) is 10.3 Å². The summed E-state index contributed by atoms with van der Waals surface area (Å²) in [6, 6.07) is 15.8. The quantitative estimate of drug-likeness (QED) is 0.337. The molecule has 0 saturated carbocycles. The Morgan fingerprint density at radius 2 is 1.88 bits per heavy atom. The van der Waals surface area contributed by atoms with Crippen molar-refractivity contribution >= 4 is 34.6 Å². The summed E-state index contributed by atoms with van der Waals surface area (Å²) in [5.41, 5.74) is 1.60. The summed E-state index contributed by atoms with van der Waals surface area (Å²) < 4.78 is 5.94. The fourth-order valence-corrected chi connectivity index (χ4v) is 4.61. The van der Waals surface area contributed by atoms with Crippen LogP contribution < -0.4 is 4.74 Å². The zero-order valence-corrected chi connectivity index (χ0v) is 19.2. The third-order valence-electron chi connectivity index (χ3n) is 5.54. The number of hydrogen-bond acceptors (Lipinski definition) is 8. The number of benzene rings is 2. The van der Waals surface area contributed by atoms with Gasteiger partial charge in [0.15, 0.2) is 5.17 Å². The number of nitro benzene ring substituents is 1. The zero-order chi connectivity index (χ0) is 23.9. The highest BCUT2D eigenvalue weighted by atomic mass is 32.2. The van der Waals surface area contributed by atoms with Crippen molar-refractivity contribution in [2.75, 3.05) is 32.7 Å². The highest BCUT2D eigenvalue weighted by molar-refractivity contribution is 8.18. The van der Waals surface area contributed by atoms with E-state index < -0.39 is 4.92 Å². The van der Waals surface area contributed by atoms with E-state index in [0.717, 1.165) is 43.9 Å². The van der Waals surface area contributed by atoms with Crippen LogP contribution in [0.15, 0.2) is 58.4 Å². The third-order valence-corrected chi connectivity index (χ3v) is 6.58. The van der Waals surface area contributed by atoms with Crippen LogP contribution in [0.3, 0.4) is 0 Å². The maximum atomic E-state index is 12.6. The van der Waals surface area contributed by atoms with Gasteiger partial charge in [-0.1, -0.05) is 18.2 Å². The van der Waals surface area contributed by atoms with E-state index >= 15 is 0 Å². The van der Waals surface area contributed by atoms with Crippen LogP contribution in [0.2, 0.25) is 0 Å². The Hall–Kier alpha value is -3.68. The lowest BCUT2D eigenvalue weighted by Crippen LogP contribution is -2.47. The number of nitro groups is 1. The van der Waals surface area contributed by atoms with Crippen molar-refractivity contribution in [3.05, 3.63) is 74.7 Å². The van der Waals surface area contributed by atoms with Gasteiger partial charge >= 0.3 is 0 Å². The second-order valence-electron chi connectivity index (χ2n) is 7.80. The molecule has 0 radical (unpaired) electrons. The number of thioether (sulfide) groups is 1. The first kappa shape index (κ1) is 23.5. The van der Waals surface area contributed by atoms with Gasteiger partial charge < -0.3 is 9.64 Å². The van der Waals surface area contributed by atoms with Gasteiger partial charge in [0.25, 0.3) is 11.6 Å². The predicted octanol–water partition coefficient (Wildman–Crippen LogP) is 3.68. The van der Waals surface area contributed by atoms with Crippen molar-refractivity contribution in [3.8, 4) is 11.8 Å². The number of para-hydroxylation sites is 1. The molecular formula is C24H23N5O4S. The monoisotopic (exact) mass is 477 g/mol. The number of ether oxygens (including phenoxy) is 1. The van der Waals surface area contributed by atoms with Crippen molar-refractivity contribution in [2.45, 2.75) is 13.0 Å². The Labute approximate surface area is 201 Å². The maximum Gasteiger partial charge on any atom is 0.286 e. The van der Waals surface area contributed by atoms with Gasteiger partial charge in [0, 0.05) is 56.8 Å². The van der Waals surface area contributed by atoms with E-state index in [2.05, 4.69) is 20.9 Å². The maximum absolute atomic E-state index is 12.6. The molecule has 2 aliphatic rings. The molecule has 0 unspecified atom stereocenters. The van der Waals surface area contributed by atoms with E-state index in [4.69, 9.17) is 10.00 Å². The molecule has 1 fully saturated rings. The van der Waals surface area contributed by atoms with Crippen LogP contribution in [-0.2, 0) is 11.4 Å². The molecular weight excluding hydrogens is 454 g/mol. The largest absolute Gasteiger partial charge is 0.488 e. The molecule has 1 saturated heterocycles. The molecule has 0 atom stereocenters. The summed E-state index contributed by atoms with van der Waals surface area (Å²) in [5, 5.41) is 20.3. The van der Waals surface area contributed by atoms with Crippen molar-refractivity contribution in [1.82, 2.24) is 9.80 Å². The average molecular weight is 478 g/mol. The number of aliphatic imine (C=N–C) groups is 1. The Morgan fingerprint density at radius 1 is 1.15 bits per heavy atom. The average Bonchev–Trinajstić information content (AvgIpc) is 3.22. The summed E-state index contributed by atoms with van der Waals surface area (Å²) >= 11 is 1.36. The lowest BCUT2D eigenvalue weighted by molar-refractivity contribution is -0.384. The number of carbonyl (C=O) groups excluding carboxylic acids is 1. The number of nitriles is 1. The number of rotatable bonds is 7. The number of carbonyl (C=O) groups is 1. The Morgan fingerprint density at radius 3 is 2.59 bits per heavy atom. The van der Waals surface area contributed by atoms with E-state index in [1.807, 2.05) is 24.3 Å². The fraction of sp³-hybridized carbons (Fsp3) is 0.292. The van der Waals surface area contributed by atoms with Gasteiger partial charge in [-0.15, -0.1) is 0 Å². The van der Waals surface area contributed by atoms with Crippen LogP contribution in [0.25, 0.3) is 6.08 Å². The first-order chi connectivity index (χ1) is 16.5. The first-order valence-corrected chi connectivity index (χ1v) is 11.7. The molecule has 2 heterocycles. The van der Waals surface area contributed by atoms with Gasteiger partial charge in [-0.05, 0) is 41.6 Å². The first-order valence-electron chi connectivity index (χ1n) is 10.9. The van der Waals surface area contributed by atoms with E-state index in [-0.39, 0.29) is 18.2 Å². The van der Waals surface area contributed by atoms with E-state index in [1.54, 1.807) is 18.2 Å². The van der Waals surface area contributed by atoms with Crippen LogP contribution in [0.1, 0.15) is 17.5 Å². The standard InChI is InChI=1S/C24H23N5O4S/c25-10-3-11-27-12-14-28(15-13-27)24-26-23(30)22(34-24)16-19-4-1-2-5-21(19)33-17-18-6-8-20(9-7-18)29(31)32/h1-2,4-9,16H,3,11-15,17H2/b22-16+. The molecule has 0 N–H and O–H groups in total. The minimum Gasteiger partial charge on any atom is -0.488 e. The summed E-state index contributed by atoms with van der Waals surface area (Å²) in [5.74, 6) is 0.346. The van der Waals surface area contributed by atoms with Crippen LogP contribution in [-0.4, -0.2) is 58.5 Å². The van der Waals surface area contributed by atoms with Crippen LogP contribution in [0, 0.1) is 21.4 Å². The highest BCUT2D eigenvalue weighted by Crippen LogP contribution is 2.33. The number of nitrogens with zero attached hydrogens (tertiary/aromatic N) is 5. The molecule has 10 heteroatoms. The summed E-state index contributed by atoms with van der Waals surface area (Å²) in [6.45, 7) is 4.24. The van der Waals surface area contributed by atoms with Gasteiger partial charge in [0.2, 0.25) is 0 Å². The molecule has 2 aromatic carbocycles. The van der Waals surface area contributed by atoms with Crippen LogP contribution in [0.4, 0.5) is 5.69 Å². The third kappa shape index (κ3) is 5.81. The molecule has 0 aliphatic carbocycles. The smallest absolute Gasteiger partial charge is 0.286 e. The molecule has 0 spiro atoms. The van der Waals surface area contributed by atoms with E-state index in [9.17, 15) is 14.9 Å². The van der Waals surface area contributed by atoms with Gasteiger partial charge in [-0.3, -0.25) is 19.8 Å². The van der Waals surface area contributed by atoms with Gasteiger partial charge in [0.1, 0.15) is 12.4 Å². The molecule has 2 aliphatic heterocycles. The second kappa shape index (κ2) is 11.0. The van der Waals surface area contributed by atoms with Crippen molar-refractivity contribution in [2.24, 2.45) is 4.99 Å². The topological polar surface area (TPSA) is 112 Å². The van der Waals surface area contributed by atoms with Gasteiger partial charge in [-0.25, -0.2) is 0 Å². The Bertz CT molecular complexity index is 1160. The SMILES string of the molecule is N#CCCN1CCN(C2=NC(=O)/C(=C\c3ccccc3OCc3ccc([N+](=O)[O-])cc3)S2)CC1. The van der Waals surface area contributed by atoms with E-state index in [0.29, 0.717) is 22.2 Å². The highest BCUT2D eigenvalue weighted by Gasteiger charge is 2.28. The summed E-state index contributed by atoms with van der Waals surface area (Å²) in [6.07, 6.45) is 2.31. The molecule has 2 aromatic rings. The number of amidine groups is 1. The second-order valence-corrected chi connectivity index (χ2v) is 8.81. The zero-order valence-electron chi connectivity index (χ0n) is 18.4. The lowest BCUT2D eigenvalue weighted by atomic mass is 10.1. The van der Waals surface area contributed by atoms with Gasteiger partial charge in [0.05, 0.1) is 15.9 Å². The molecule has 0 bridgehead atoms. The minimum absolute atomic E-state index is 0.0324. The Kier molecular flexibility index (Phi) is 7.57. The lowest BCUT2D eigenvalue weighted by Gasteiger charge is -2.34. The normalized spacial score (nSPS) is 17.5. The molecule has 9 nitrogen and oxygen atoms in total. The molecule has 4 rings (SSSR count). The van der Waals surface area contributed by atoms with Crippen LogP contribution >= 0.6 is 11.8 Å². The molecule has 174 valence electrons. The summed E-state index contributed by atoms with van der Waals surface area (Å²) in [7, 11) is 0. The minimum atomic E-state index is -0.437. The molecule has 0 aromatic heterocycles. The number of piperazine rings is 1. The van der Waals surface area contributed by atoms with Crippen molar-refractivity contribution in [3.63, 3.8) is 0 Å². The Balaban J connectivity index is 1.38. The number of non-ortho nitro benzene ring substituents is 1. The molecule has 1 amide bonds. The predicted molar refractivity (Wildman–Crippen MR) is 130 cm³/mol. The number of hydrogen-bond donors (Lipinski definition) is 0. The summed E-state index contributed by atoms with van der Waals surface area (Å²) in [4.78, 5) is 32.1. The van der Waals surface area contributed by atoms with Crippen molar-refractivity contribution < 1.29 is 14.5 Å². The molecule has 34 heavy (non-hydrogen) atoms.